The third kappa shape index (κ3) is 2.94. The van der Waals surface area contributed by atoms with Crippen molar-refractivity contribution < 1.29 is 9.53 Å². The van der Waals surface area contributed by atoms with Gasteiger partial charge in [0.2, 0.25) is 0 Å². The highest BCUT2D eigenvalue weighted by molar-refractivity contribution is 8.00. The van der Waals surface area contributed by atoms with E-state index in [0.717, 1.165) is 23.6 Å². The van der Waals surface area contributed by atoms with Crippen LogP contribution in [0.25, 0.3) is 0 Å². The van der Waals surface area contributed by atoms with Crippen LogP contribution in [0.1, 0.15) is 12.5 Å². The molecule has 1 aliphatic heterocycles. The van der Waals surface area contributed by atoms with Crippen LogP contribution in [-0.2, 0) is 4.79 Å². The van der Waals surface area contributed by atoms with Crippen molar-refractivity contribution >= 4 is 17.7 Å². The standard InChI is InChI=1S/C13H17NO2S/c1-10-5-3-4-6-12(10)16-9-13(15)14-7-8-17-11(14)2/h3-6,11H,7-9H2,1-2H3. The fourth-order valence-electron chi connectivity index (χ4n) is 1.86. The zero-order valence-corrected chi connectivity index (χ0v) is 11.0. The second-order valence-corrected chi connectivity index (χ2v) is 5.54. The van der Waals surface area contributed by atoms with Gasteiger partial charge >= 0.3 is 0 Å². The molecule has 0 N–H and O–H groups in total. The van der Waals surface area contributed by atoms with Gasteiger partial charge in [-0.25, -0.2) is 0 Å². The van der Waals surface area contributed by atoms with E-state index < -0.39 is 0 Å². The van der Waals surface area contributed by atoms with E-state index in [1.54, 1.807) is 0 Å². The van der Waals surface area contributed by atoms with Crippen molar-refractivity contribution in [3.8, 4) is 5.75 Å². The summed E-state index contributed by atoms with van der Waals surface area (Å²) in [6.07, 6.45) is 0. The Morgan fingerprint density at radius 2 is 2.29 bits per heavy atom. The lowest BCUT2D eigenvalue weighted by atomic mass is 10.2. The van der Waals surface area contributed by atoms with E-state index in [0.29, 0.717) is 0 Å². The molecule has 0 aliphatic carbocycles. The molecular formula is C13H17NO2S. The number of benzene rings is 1. The number of rotatable bonds is 3. The first-order valence-corrected chi connectivity index (χ1v) is 6.83. The lowest BCUT2D eigenvalue weighted by Gasteiger charge is -2.20. The van der Waals surface area contributed by atoms with Gasteiger partial charge in [0.15, 0.2) is 6.61 Å². The number of hydrogen-bond acceptors (Lipinski definition) is 3. The molecule has 1 aromatic carbocycles. The molecule has 0 saturated carbocycles. The maximum absolute atomic E-state index is 11.9. The smallest absolute Gasteiger partial charge is 0.261 e. The maximum atomic E-state index is 11.9. The summed E-state index contributed by atoms with van der Waals surface area (Å²) >= 11 is 1.81. The van der Waals surface area contributed by atoms with Crippen molar-refractivity contribution in [1.29, 1.82) is 0 Å². The van der Waals surface area contributed by atoms with Crippen LogP contribution >= 0.6 is 11.8 Å². The van der Waals surface area contributed by atoms with Crippen LogP contribution in [0.15, 0.2) is 24.3 Å². The molecule has 1 aromatic rings. The van der Waals surface area contributed by atoms with Crippen LogP contribution in [0.2, 0.25) is 0 Å². The average molecular weight is 251 g/mol. The fraction of sp³-hybridized carbons (Fsp3) is 0.462. The van der Waals surface area contributed by atoms with Gasteiger partial charge < -0.3 is 9.64 Å². The van der Waals surface area contributed by atoms with E-state index in [9.17, 15) is 4.79 Å². The Morgan fingerprint density at radius 3 is 2.94 bits per heavy atom. The highest BCUT2D eigenvalue weighted by Crippen LogP contribution is 2.23. The van der Waals surface area contributed by atoms with E-state index in [-0.39, 0.29) is 17.9 Å². The van der Waals surface area contributed by atoms with Crippen LogP contribution in [0, 0.1) is 6.92 Å². The second-order valence-electron chi connectivity index (χ2n) is 4.11. The molecular weight excluding hydrogens is 234 g/mol. The summed E-state index contributed by atoms with van der Waals surface area (Å²) in [6.45, 7) is 5.01. The Bertz CT molecular complexity index is 408. The van der Waals surface area contributed by atoms with Crippen LogP contribution in [0.3, 0.4) is 0 Å². The molecule has 17 heavy (non-hydrogen) atoms. The van der Waals surface area contributed by atoms with Crippen LogP contribution in [-0.4, -0.2) is 35.1 Å². The van der Waals surface area contributed by atoms with Crippen molar-refractivity contribution in [3.05, 3.63) is 29.8 Å². The lowest BCUT2D eigenvalue weighted by Crippen LogP contribution is -2.36. The molecule has 0 aromatic heterocycles. The van der Waals surface area contributed by atoms with Crippen molar-refractivity contribution in [1.82, 2.24) is 4.90 Å². The third-order valence-corrected chi connectivity index (χ3v) is 4.05. The fourth-order valence-corrected chi connectivity index (χ4v) is 2.91. The molecule has 1 atom stereocenters. The quantitative estimate of drug-likeness (QED) is 0.825. The third-order valence-electron chi connectivity index (χ3n) is 2.90. The van der Waals surface area contributed by atoms with E-state index in [1.807, 2.05) is 47.9 Å². The Balaban J connectivity index is 1.90. The van der Waals surface area contributed by atoms with Crippen molar-refractivity contribution in [2.75, 3.05) is 18.9 Å². The number of carbonyl (C=O) groups is 1. The average Bonchev–Trinajstić information content (AvgIpc) is 2.74. The van der Waals surface area contributed by atoms with Gasteiger partial charge in [-0.15, -0.1) is 11.8 Å². The van der Waals surface area contributed by atoms with Crippen LogP contribution in [0.5, 0.6) is 5.75 Å². The number of para-hydroxylation sites is 1. The zero-order valence-electron chi connectivity index (χ0n) is 10.2. The molecule has 0 spiro atoms. The van der Waals surface area contributed by atoms with Crippen molar-refractivity contribution in [2.24, 2.45) is 0 Å². The Labute approximate surface area is 106 Å². The molecule has 3 nitrogen and oxygen atoms in total. The summed E-state index contributed by atoms with van der Waals surface area (Å²) in [6, 6.07) is 7.75. The number of carbonyl (C=O) groups excluding carboxylic acids is 1. The number of ether oxygens (including phenoxy) is 1. The summed E-state index contributed by atoms with van der Waals surface area (Å²) in [5.41, 5.74) is 1.06. The first-order valence-electron chi connectivity index (χ1n) is 5.78. The summed E-state index contributed by atoms with van der Waals surface area (Å²) in [7, 11) is 0. The maximum Gasteiger partial charge on any atom is 0.261 e. The highest BCUT2D eigenvalue weighted by atomic mass is 32.2. The molecule has 1 heterocycles. The number of nitrogens with zero attached hydrogens (tertiary/aromatic N) is 1. The zero-order chi connectivity index (χ0) is 12.3. The van der Waals surface area contributed by atoms with Crippen molar-refractivity contribution in [2.45, 2.75) is 19.2 Å². The molecule has 1 unspecified atom stereocenters. The minimum absolute atomic E-state index is 0.0748. The molecule has 1 fully saturated rings. The van der Waals surface area contributed by atoms with Gasteiger partial charge in [-0.05, 0) is 25.5 Å². The molecule has 0 bridgehead atoms. The predicted octanol–water partition coefficient (Wildman–Crippen LogP) is 2.30. The van der Waals surface area contributed by atoms with E-state index in [2.05, 4.69) is 6.92 Å². The molecule has 1 saturated heterocycles. The largest absolute Gasteiger partial charge is 0.483 e. The van der Waals surface area contributed by atoms with Gasteiger partial charge in [0, 0.05) is 12.3 Å². The molecule has 1 amide bonds. The van der Waals surface area contributed by atoms with Gasteiger partial charge in [0.05, 0.1) is 5.37 Å². The number of amides is 1. The van der Waals surface area contributed by atoms with Gasteiger partial charge in [0.25, 0.3) is 5.91 Å². The first-order chi connectivity index (χ1) is 8.18. The summed E-state index contributed by atoms with van der Waals surface area (Å²) in [5.74, 6) is 1.89. The number of thioether (sulfide) groups is 1. The number of hydrogen-bond donors (Lipinski definition) is 0. The summed E-state index contributed by atoms with van der Waals surface area (Å²) < 4.78 is 5.56. The lowest BCUT2D eigenvalue weighted by molar-refractivity contribution is -0.133. The molecule has 4 heteroatoms. The molecule has 92 valence electrons. The predicted molar refractivity (Wildman–Crippen MR) is 70.3 cm³/mol. The normalized spacial score (nSPS) is 19.4. The summed E-state index contributed by atoms with van der Waals surface area (Å²) in [5, 5.41) is 0.281. The topological polar surface area (TPSA) is 29.5 Å². The first kappa shape index (κ1) is 12.3. The molecule has 0 radical (unpaired) electrons. The molecule has 1 aliphatic rings. The van der Waals surface area contributed by atoms with E-state index >= 15 is 0 Å². The van der Waals surface area contributed by atoms with Crippen LogP contribution in [0.4, 0.5) is 0 Å². The Morgan fingerprint density at radius 1 is 1.53 bits per heavy atom. The van der Waals surface area contributed by atoms with Crippen molar-refractivity contribution in [3.63, 3.8) is 0 Å². The Hall–Kier alpha value is -1.16. The minimum Gasteiger partial charge on any atom is -0.483 e. The minimum atomic E-state index is 0.0748. The Kier molecular flexibility index (Phi) is 3.94. The SMILES string of the molecule is Cc1ccccc1OCC(=O)N1CCSC1C. The van der Waals surface area contributed by atoms with E-state index in [1.165, 1.54) is 0 Å². The van der Waals surface area contributed by atoms with Gasteiger partial charge in [-0.2, -0.15) is 0 Å². The monoisotopic (exact) mass is 251 g/mol. The van der Waals surface area contributed by atoms with E-state index in [4.69, 9.17) is 4.74 Å². The summed E-state index contributed by atoms with van der Waals surface area (Å²) in [4.78, 5) is 13.8. The van der Waals surface area contributed by atoms with Gasteiger partial charge in [-0.3, -0.25) is 4.79 Å². The van der Waals surface area contributed by atoms with Gasteiger partial charge in [-0.1, -0.05) is 18.2 Å². The second kappa shape index (κ2) is 5.45. The molecule has 2 rings (SSSR count). The van der Waals surface area contributed by atoms with Gasteiger partial charge in [0.1, 0.15) is 5.75 Å². The number of aryl methyl sites for hydroxylation is 1. The van der Waals surface area contributed by atoms with Crippen LogP contribution < -0.4 is 4.74 Å². The highest BCUT2D eigenvalue weighted by Gasteiger charge is 2.25.